The van der Waals surface area contributed by atoms with Gasteiger partial charge in [-0.05, 0) is 43.5 Å². The van der Waals surface area contributed by atoms with Crippen molar-refractivity contribution in [1.82, 2.24) is 20.2 Å². The molecule has 16 heteroatoms. The third-order valence-corrected chi connectivity index (χ3v) is 9.90. The molecule has 0 spiro atoms. The number of amides is 1. The molecule has 0 radical (unpaired) electrons. The van der Waals surface area contributed by atoms with Crippen LogP contribution in [-0.2, 0) is 11.0 Å². The van der Waals surface area contributed by atoms with Crippen molar-refractivity contribution >= 4 is 49.1 Å². The molecule has 248 valence electrons. The van der Waals surface area contributed by atoms with Gasteiger partial charge in [-0.1, -0.05) is 6.07 Å². The molecule has 3 saturated heterocycles. The maximum absolute atomic E-state index is 16.3. The number of aromatic nitrogens is 2. The van der Waals surface area contributed by atoms with Crippen LogP contribution in [0.3, 0.4) is 0 Å². The van der Waals surface area contributed by atoms with Crippen molar-refractivity contribution in [3.05, 3.63) is 41.0 Å². The first-order valence-electron chi connectivity index (χ1n) is 14.8. The number of nitrogens with zero attached hydrogens (tertiary/aromatic N) is 5. The fraction of sp³-hybridized carbons (Fsp3) is 0.419. The number of halogens is 6. The Bertz CT molecular complexity index is 1920. The molecule has 3 N–H and O–H groups in total. The molecule has 3 aliphatic heterocycles. The van der Waals surface area contributed by atoms with Crippen LogP contribution in [0.1, 0.15) is 36.8 Å². The molecular formula is C31H29F6N7O2S. The van der Waals surface area contributed by atoms with Gasteiger partial charge >= 0.3 is 12.2 Å². The first-order chi connectivity index (χ1) is 22.3. The number of hydrogen-bond donors (Lipinski definition) is 2. The third-order valence-electron chi connectivity index (χ3n) is 8.87. The fourth-order valence-electron chi connectivity index (χ4n) is 6.61. The number of nitrogen functional groups attached to an aromatic ring is 1. The van der Waals surface area contributed by atoms with E-state index in [9.17, 15) is 32.0 Å². The molecule has 0 aliphatic carbocycles. The number of ether oxygens (including phenoxy) is 1. The largest absolute Gasteiger partial charge is 0.467 e. The molecule has 9 nitrogen and oxygen atoms in total. The fourth-order valence-corrected chi connectivity index (χ4v) is 7.56. The van der Waals surface area contributed by atoms with Gasteiger partial charge in [-0.25, -0.2) is 13.2 Å². The van der Waals surface area contributed by atoms with E-state index in [0.29, 0.717) is 30.0 Å². The highest BCUT2D eigenvalue weighted by Crippen LogP contribution is 2.48. The summed E-state index contributed by atoms with van der Waals surface area (Å²) in [6.45, 7) is 2.07. The first-order valence-corrected chi connectivity index (χ1v) is 15.6. The van der Waals surface area contributed by atoms with Crippen molar-refractivity contribution in [2.24, 2.45) is 0 Å². The lowest BCUT2D eigenvalue weighted by atomic mass is 9.92. The minimum absolute atomic E-state index is 0.0566. The molecule has 7 rings (SSSR count). The third kappa shape index (κ3) is 5.86. The number of rotatable bonds is 4. The summed E-state index contributed by atoms with van der Waals surface area (Å²) in [7, 11) is 2.73. The monoisotopic (exact) mass is 677 g/mol. The Morgan fingerprint density at radius 3 is 2.66 bits per heavy atom. The van der Waals surface area contributed by atoms with Crippen LogP contribution in [0.5, 0.6) is 6.01 Å². The standard InChI is InChI=1S/C24H17F5N6O2S.C7H12FN/c1-35(9-5-15(36)32-8-9)22-11-6-13(24(27,28)29)17(18(26)19(11)33-23(34-22)37-2)10-3-4-14(25)20-16(10)12(7-30)21(31)38-20;8-6-4-7-2-1-3-9(7)5-6/h3-4,6,9H,5,8,31H2,1-2H3,(H,32,36);6-7H,1-5H2. The van der Waals surface area contributed by atoms with Gasteiger partial charge in [-0.3, -0.25) is 9.69 Å². The SMILES string of the molecule is COc1nc(N(C)C2CNC(=O)C2)c2cc(C(F)(F)F)c(-c3ccc(F)c4sc(N)c(C#N)c34)c(F)c2n1.FC1CC2CCCN2C1. The summed E-state index contributed by atoms with van der Waals surface area (Å²) in [4.78, 5) is 23.6. The van der Waals surface area contributed by atoms with Gasteiger partial charge in [-0.15, -0.1) is 11.3 Å². The van der Waals surface area contributed by atoms with Gasteiger partial charge in [0, 0.05) is 48.9 Å². The molecule has 2 aromatic carbocycles. The highest BCUT2D eigenvalue weighted by atomic mass is 32.1. The van der Waals surface area contributed by atoms with Crippen LogP contribution in [0.15, 0.2) is 18.2 Å². The number of benzene rings is 2. The second-order valence-corrected chi connectivity index (χ2v) is 12.7. The number of fused-ring (bicyclic) bond motifs is 3. The van der Waals surface area contributed by atoms with Gasteiger partial charge in [0.2, 0.25) is 5.91 Å². The van der Waals surface area contributed by atoms with Crippen molar-refractivity contribution in [3.8, 4) is 23.2 Å². The van der Waals surface area contributed by atoms with E-state index < -0.39 is 46.7 Å². The molecule has 5 heterocycles. The first kappa shape index (κ1) is 32.6. The number of nitrogens with two attached hydrogens (primary N) is 1. The summed E-state index contributed by atoms with van der Waals surface area (Å²) in [5.74, 6) is -2.51. The van der Waals surface area contributed by atoms with E-state index in [4.69, 9.17) is 10.5 Å². The normalized spacial score (nSPS) is 21.0. The molecule has 3 unspecified atom stereocenters. The summed E-state index contributed by atoms with van der Waals surface area (Å²) in [5.41, 5.74) is 2.42. The van der Waals surface area contributed by atoms with Crippen LogP contribution in [0.25, 0.3) is 32.1 Å². The number of carbonyl (C=O) groups excluding carboxylic acids is 1. The number of likely N-dealkylation sites (N-methyl/N-ethyl adjacent to an activating group) is 1. The summed E-state index contributed by atoms with van der Waals surface area (Å²) in [6.07, 6.45) is -2.20. The van der Waals surface area contributed by atoms with Crippen LogP contribution < -0.4 is 20.7 Å². The van der Waals surface area contributed by atoms with Crippen molar-refractivity contribution in [1.29, 1.82) is 5.26 Å². The minimum Gasteiger partial charge on any atom is -0.467 e. The van der Waals surface area contributed by atoms with E-state index in [1.165, 1.54) is 31.9 Å². The van der Waals surface area contributed by atoms with Crippen molar-refractivity contribution in [2.45, 2.75) is 50.1 Å². The average Bonchev–Trinajstić information content (AvgIpc) is 3.80. The van der Waals surface area contributed by atoms with Gasteiger partial charge in [0.25, 0.3) is 0 Å². The summed E-state index contributed by atoms with van der Waals surface area (Å²) < 4.78 is 91.8. The Labute approximate surface area is 268 Å². The smallest absolute Gasteiger partial charge is 0.417 e. The summed E-state index contributed by atoms with van der Waals surface area (Å²) >= 11 is 0.679. The van der Waals surface area contributed by atoms with Crippen LogP contribution in [-0.4, -0.2) is 72.8 Å². The van der Waals surface area contributed by atoms with E-state index >= 15 is 4.39 Å². The lowest BCUT2D eigenvalue weighted by molar-refractivity contribution is -0.137. The Morgan fingerprint density at radius 2 is 2.02 bits per heavy atom. The number of alkyl halides is 4. The lowest BCUT2D eigenvalue weighted by Crippen LogP contribution is -2.34. The number of hydrogen-bond acceptors (Lipinski definition) is 9. The molecule has 4 aromatic rings. The lowest BCUT2D eigenvalue weighted by Gasteiger charge is -2.26. The number of nitrogens with one attached hydrogen (secondary N) is 1. The molecule has 3 atom stereocenters. The maximum Gasteiger partial charge on any atom is 0.417 e. The van der Waals surface area contributed by atoms with Gasteiger partial charge in [0.05, 0.1) is 29.0 Å². The number of carbonyl (C=O) groups is 1. The van der Waals surface area contributed by atoms with Crippen LogP contribution in [0.2, 0.25) is 0 Å². The molecule has 47 heavy (non-hydrogen) atoms. The topological polar surface area (TPSA) is 120 Å². The predicted molar refractivity (Wildman–Crippen MR) is 165 cm³/mol. The minimum atomic E-state index is -5.07. The van der Waals surface area contributed by atoms with E-state index in [1.54, 1.807) is 6.07 Å². The molecule has 0 bridgehead atoms. The van der Waals surface area contributed by atoms with Crippen molar-refractivity contribution in [3.63, 3.8) is 0 Å². The highest BCUT2D eigenvalue weighted by Gasteiger charge is 2.39. The van der Waals surface area contributed by atoms with E-state index in [1.807, 2.05) is 0 Å². The second kappa shape index (κ2) is 12.3. The number of nitriles is 1. The van der Waals surface area contributed by atoms with Crippen LogP contribution >= 0.6 is 11.3 Å². The molecule has 2 aromatic heterocycles. The quantitative estimate of drug-likeness (QED) is 0.261. The van der Waals surface area contributed by atoms with Gasteiger partial charge in [0.15, 0.2) is 5.82 Å². The van der Waals surface area contributed by atoms with Crippen molar-refractivity contribution in [2.75, 3.05) is 44.4 Å². The van der Waals surface area contributed by atoms with Crippen LogP contribution in [0, 0.1) is 23.0 Å². The zero-order valence-corrected chi connectivity index (χ0v) is 26.0. The van der Waals surface area contributed by atoms with Crippen molar-refractivity contribution < 1.29 is 35.9 Å². The molecular weight excluding hydrogens is 648 g/mol. The van der Waals surface area contributed by atoms with E-state index in [-0.39, 0.29) is 62.3 Å². The average molecular weight is 678 g/mol. The molecule has 3 fully saturated rings. The molecule has 0 saturated carbocycles. The second-order valence-electron chi connectivity index (χ2n) is 11.7. The highest BCUT2D eigenvalue weighted by molar-refractivity contribution is 7.23. The van der Waals surface area contributed by atoms with Gasteiger partial charge in [0.1, 0.15) is 34.4 Å². The molecule has 1 amide bonds. The zero-order valence-electron chi connectivity index (χ0n) is 25.2. The number of anilines is 2. The van der Waals surface area contributed by atoms with Gasteiger partial charge in [-0.2, -0.15) is 28.4 Å². The zero-order chi connectivity index (χ0) is 33.8. The van der Waals surface area contributed by atoms with E-state index in [0.717, 1.165) is 25.1 Å². The Hall–Kier alpha value is -4.36. The Balaban J connectivity index is 0.000000366. The number of methoxy groups -OCH3 is 1. The van der Waals surface area contributed by atoms with E-state index in [2.05, 4.69) is 20.2 Å². The molecule has 3 aliphatic rings. The Morgan fingerprint density at radius 1 is 1.26 bits per heavy atom. The van der Waals surface area contributed by atoms with Crippen LogP contribution in [0.4, 0.5) is 37.2 Å². The summed E-state index contributed by atoms with van der Waals surface area (Å²) in [5, 5.41) is 11.6. The Kier molecular flexibility index (Phi) is 8.56. The van der Waals surface area contributed by atoms with Gasteiger partial charge < -0.3 is 20.7 Å². The maximum atomic E-state index is 16.3. The number of thiophene rings is 1. The summed E-state index contributed by atoms with van der Waals surface area (Å²) in [6, 6.07) is 4.18. The predicted octanol–water partition coefficient (Wildman–Crippen LogP) is 5.79.